The highest BCUT2D eigenvalue weighted by atomic mass is 16.5. The summed E-state index contributed by atoms with van der Waals surface area (Å²) in [5.41, 5.74) is 6.32. The van der Waals surface area contributed by atoms with Crippen molar-refractivity contribution in [3.8, 4) is 5.75 Å². The highest BCUT2D eigenvalue weighted by molar-refractivity contribution is 5.94. The van der Waals surface area contributed by atoms with Gasteiger partial charge < -0.3 is 20.3 Å². The summed E-state index contributed by atoms with van der Waals surface area (Å²) in [6.45, 7) is 3.65. The maximum atomic E-state index is 11.8. The molecule has 0 fully saturated rings. The molecule has 100 valence electrons. The molecule has 0 saturated carbocycles. The molecule has 3 N–H and O–H groups in total. The summed E-state index contributed by atoms with van der Waals surface area (Å²) in [6, 6.07) is 4.85. The predicted octanol–water partition coefficient (Wildman–Crippen LogP) is 1.45. The largest absolute Gasteiger partial charge is 0.494 e. The first-order valence-corrected chi connectivity index (χ1v) is 5.75. The Bertz CT molecular complexity index is 417. The molecular formula is C13H19NO4. The molecule has 0 aliphatic heterocycles. The topological polar surface area (TPSA) is 81.8 Å². The molecule has 0 heterocycles. The number of aliphatic hydroxyl groups excluding tert-OH is 1. The number of carbonyl (C=O) groups is 1. The van der Waals surface area contributed by atoms with Crippen molar-refractivity contribution < 1.29 is 19.4 Å². The molecule has 5 nitrogen and oxygen atoms in total. The minimum atomic E-state index is -0.680. The number of benzene rings is 1. The van der Waals surface area contributed by atoms with Gasteiger partial charge in [-0.2, -0.15) is 0 Å². The van der Waals surface area contributed by atoms with E-state index in [9.17, 15) is 9.90 Å². The molecule has 1 aromatic rings. The zero-order valence-corrected chi connectivity index (χ0v) is 10.8. The fourth-order valence-electron chi connectivity index (χ4n) is 1.37. The van der Waals surface area contributed by atoms with Crippen molar-refractivity contribution in [1.82, 2.24) is 0 Å². The summed E-state index contributed by atoms with van der Waals surface area (Å²) < 4.78 is 10.1. The molecule has 1 atom stereocenters. The first kappa shape index (κ1) is 14.3. The second kappa shape index (κ2) is 6.26. The molecule has 1 unspecified atom stereocenters. The Kier molecular flexibility index (Phi) is 4.97. The van der Waals surface area contributed by atoms with Gasteiger partial charge in [-0.1, -0.05) is 19.9 Å². The fraction of sp³-hybridized carbons (Fsp3) is 0.462. The standard InChI is InChI=1S/C13H19NO4/c1-8(2)11(15)7-18-13(16)9-5-4-6-10(14)12(9)17-3/h4-6,8,11,15H,7,14H2,1-3H3. The van der Waals surface area contributed by atoms with Crippen LogP contribution in [0, 0.1) is 5.92 Å². The van der Waals surface area contributed by atoms with E-state index >= 15 is 0 Å². The van der Waals surface area contributed by atoms with E-state index in [1.165, 1.54) is 7.11 Å². The van der Waals surface area contributed by atoms with Crippen LogP contribution in [-0.2, 0) is 4.74 Å². The van der Waals surface area contributed by atoms with E-state index in [2.05, 4.69) is 0 Å². The van der Waals surface area contributed by atoms with Gasteiger partial charge in [-0.3, -0.25) is 0 Å². The van der Waals surface area contributed by atoms with Crippen LogP contribution in [0.4, 0.5) is 5.69 Å². The van der Waals surface area contributed by atoms with Crippen LogP contribution < -0.4 is 10.5 Å². The molecule has 1 aromatic carbocycles. The van der Waals surface area contributed by atoms with E-state index in [0.29, 0.717) is 11.4 Å². The van der Waals surface area contributed by atoms with Crippen LogP contribution in [0.2, 0.25) is 0 Å². The number of rotatable bonds is 5. The summed E-state index contributed by atoms with van der Waals surface area (Å²) >= 11 is 0. The summed E-state index contributed by atoms with van der Waals surface area (Å²) in [7, 11) is 1.44. The lowest BCUT2D eigenvalue weighted by molar-refractivity contribution is 0.0134. The number of ether oxygens (including phenoxy) is 2. The van der Waals surface area contributed by atoms with Gasteiger partial charge >= 0.3 is 5.97 Å². The molecule has 0 aliphatic carbocycles. The van der Waals surface area contributed by atoms with E-state index in [4.69, 9.17) is 15.2 Å². The van der Waals surface area contributed by atoms with Gasteiger partial charge in [0.15, 0.2) is 5.75 Å². The second-order valence-corrected chi connectivity index (χ2v) is 4.34. The van der Waals surface area contributed by atoms with Gasteiger partial charge in [0.25, 0.3) is 0 Å². The summed E-state index contributed by atoms with van der Waals surface area (Å²) in [6.07, 6.45) is -0.680. The molecule has 0 spiro atoms. The summed E-state index contributed by atoms with van der Waals surface area (Å²) in [5.74, 6) is -0.235. The maximum Gasteiger partial charge on any atom is 0.342 e. The lowest BCUT2D eigenvalue weighted by Gasteiger charge is -2.15. The van der Waals surface area contributed by atoms with Gasteiger partial charge in [0.2, 0.25) is 0 Å². The second-order valence-electron chi connectivity index (χ2n) is 4.34. The van der Waals surface area contributed by atoms with Gasteiger partial charge in [-0.25, -0.2) is 4.79 Å². The van der Waals surface area contributed by atoms with Crippen LogP contribution in [0.1, 0.15) is 24.2 Å². The zero-order valence-electron chi connectivity index (χ0n) is 10.8. The monoisotopic (exact) mass is 253 g/mol. The average Bonchev–Trinajstić information content (AvgIpc) is 2.34. The Hall–Kier alpha value is -1.75. The molecule has 1 rings (SSSR count). The molecule has 0 aliphatic rings. The number of aliphatic hydroxyl groups is 1. The highest BCUT2D eigenvalue weighted by Crippen LogP contribution is 2.26. The van der Waals surface area contributed by atoms with E-state index in [1.54, 1.807) is 18.2 Å². The third kappa shape index (κ3) is 3.37. The molecule has 18 heavy (non-hydrogen) atoms. The number of nitrogen functional groups attached to an aromatic ring is 1. The third-order valence-corrected chi connectivity index (χ3v) is 2.62. The molecule has 0 amide bonds. The van der Waals surface area contributed by atoms with Gasteiger partial charge in [-0.05, 0) is 18.1 Å². The van der Waals surface area contributed by atoms with Crippen molar-refractivity contribution in [1.29, 1.82) is 0 Å². The third-order valence-electron chi connectivity index (χ3n) is 2.62. The van der Waals surface area contributed by atoms with Crippen molar-refractivity contribution in [2.45, 2.75) is 20.0 Å². The smallest absolute Gasteiger partial charge is 0.342 e. The lowest BCUT2D eigenvalue weighted by Crippen LogP contribution is -2.23. The number of methoxy groups -OCH3 is 1. The number of hydrogen-bond donors (Lipinski definition) is 2. The first-order chi connectivity index (χ1) is 8.47. The molecular weight excluding hydrogens is 234 g/mol. The Labute approximate surface area is 107 Å². The van der Waals surface area contributed by atoms with Crippen LogP contribution in [0.25, 0.3) is 0 Å². The number of nitrogens with two attached hydrogens (primary N) is 1. The molecule has 0 bridgehead atoms. The zero-order chi connectivity index (χ0) is 13.7. The predicted molar refractivity (Wildman–Crippen MR) is 68.5 cm³/mol. The lowest BCUT2D eigenvalue weighted by atomic mass is 10.1. The maximum absolute atomic E-state index is 11.8. The van der Waals surface area contributed by atoms with E-state index < -0.39 is 12.1 Å². The van der Waals surface area contributed by atoms with E-state index in [-0.39, 0.29) is 18.1 Å². The Morgan fingerprint density at radius 2 is 2.11 bits per heavy atom. The number of hydrogen-bond acceptors (Lipinski definition) is 5. The van der Waals surface area contributed by atoms with Crippen LogP contribution in [0.15, 0.2) is 18.2 Å². The van der Waals surface area contributed by atoms with Crippen molar-refractivity contribution in [3.63, 3.8) is 0 Å². The van der Waals surface area contributed by atoms with Crippen LogP contribution in [-0.4, -0.2) is 30.9 Å². The van der Waals surface area contributed by atoms with Crippen LogP contribution in [0.3, 0.4) is 0 Å². The summed E-state index contributed by atoms with van der Waals surface area (Å²) in [5, 5.41) is 9.57. The van der Waals surface area contributed by atoms with Gasteiger partial charge in [0.1, 0.15) is 12.2 Å². The first-order valence-electron chi connectivity index (χ1n) is 5.75. The Morgan fingerprint density at radius 3 is 2.67 bits per heavy atom. The van der Waals surface area contributed by atoms with Crippen LogP contribution in [0.5, 0.6) is 5.75 Å². The number of esters is 1. The van der Waals surface area contributed by atoms with E-state index in [1.807, 2.05) is 13.8 Å². The van der Waals surface area contributed by atoms with Gasteiger partial charge in [0.05, 0.1) is 18.9 Å². The molecule has 0 radical (unpaired) electrons. The van der Waals surface area contributed by atoms with Crippen LogP contribution >= 0.6 is 0 Å². The minimum absolute atomic E-state index is 0.0283. The Morgan fingerprint density at radius 1 is 1.44 bits per heavy atom. The molecule has 5 heteroatoms. The highest BCUT2D eigenvalue weighted by Gasteiger charge is 2.18. The molecule has 0 aromatic heterocycles. The minimum Gasteiger partial charge on any atom is -0.494 e. The number of para-hydroxylation sites is 1. The molecule has 0 saturated heterocycles. The Balaban J connectivity index is 2.76. The SMILES string of the molecule is COc1c(N)cccc1C(=O)OCC(O)C(C)C. The van der Waals surface area contributed by atoms with Crippen molar-refractivity contribution in [2.24, 2.45) is 5.92 Å². The normalized spacial score (nSPS) is 12.3. The quantitative estimate of drug-likeness (QED) is 0.613. The van der Waals surface area contributed by atoms with E-state index in [0.717, 1.165) is 0 Å². The average molecular weight is 253 g/mol. The fourth-order valence-corrected chi connectivity index (χ4v) is 1.37. The van der Waals surface area contributed by atoms with Crippen molar-refractivity contribution in [2.75, 3.05) is 19.5 Å². The number of anilines is 1. The summed E-state index contributed by atoms with van der Waals surface area (Å²) in [4.78, 5) is 11.8. The van der Waals surface area contributed by atoms with Crippen molar-refractivity contribution in [3.05, 3.63) is 23.8 Å². The van der Waals surface area contributed by atoms with Gasteiger partial charge in [-0.15, -0.1) is 0 Å². The van der Waals surface area contributed by atoms with Crippen molar-refractivity contribution >= 4 is 11.7 Å². The number of carbonyl (C=O) groups excluding carboxylic acids is 1. The van der Waals surface area contributed by atoms with Gasteiger partial charge in [0, 0.05) is 0 Å².